The summed E-state index contributed by atoms with van der Waals surface area (Å²) in [4.78, 5) is 0. The van der Waals surface area contributed by atoms with Crippen LogP contribution < -0.4 is 4.74 Å². The minimum absolute atomic E-state index is 0.218. The largest absolute Gasteiger partial charge is 0.457 e. The van der Waals surface area contributed by atoms with Crippen molar-refractivity contribution in [3.05, 3.63) is 64.2 Å². The predicted molar refractivity (Wildman–Crippen MR) is 65.8 cm³/mol. The van der Waals surface area contributed by atoms with Gasteiger partial charge in [-0.05, 0) is 47.9 Å². The fraction of sp³-hybridized carbons (Fsp3) is 0.143. The first-order valence-corrected chi connectivity index (χ1v) is 5.82. The van der Waals surface area contributed by atoms with Crippen molar-refractivity contribution >= 4 is 11.6 Å². The highest BCUT2D eigenvalue weighted by Gasteiger charge is 2.19. The van der Waals surface area contributed by atoms with Gasteiger partial charge < -0.3 is 4.74 Å². The molecule has 1 nitrogen and oxygen atoms in total. The molecule has 1 aliphatic heterocycles. The summed E-state index contributed by atoms with van der Waals surface area (Å²) >= 11 is 5.92. The summed E-state index contributed by atoms with van der Waals surface area (Å²) in [5, 5.41) is 0.648. The van der Waals surface area contributed by atoms with Crippen LogP contribution in [-0.2, 0) is 6.42 Å². The van der Waals surface area contributed by atoms with E-state index in [0.717, 1.165) is 29.1 Å². The lowest BCUT2D eigenvalue weighted by molar-refractivity contribution is 0.418. The van der Waals surface area contributed by atoms with E-state index in [-0.39, 0.29) is 5.83 Å². The van der Waals surface area contributed by atoms with Gasteiger partial charge in [0, 0.05) is 11.4 Å². The highest BCUT2D eigenvalue weighted by Crippen LogP contribution is 2.35. The van der Waals surface area contributed by atoms with Gasteiger partial charge in [0.05, 0.1) is 0 Å². The van der Waals surface area contributed by atoms with E-state index in [2.05, 4.69) is 0 Å². The van der Waals surface area contributed by atoms with E-state index >= 15 is 0 Å². The van der Waals surface area contributed by atoms with Crippen molar-refractivity contribution < 1.29 is 9.13 Å². The maximum Gasteiger partial charge on any atom is 0.132 e. The molecule has 86 valence electrons. The molecule has 1 aliphatic carbocycles. The molecule has 0 fully saturated rings. The predicted octanol–water partition coefficient (Wildman–Crippen LogP) is 4.34. The third kappa shape index (κ3) is 2.01. The molecule has 1 aromatic carbocycles. The van der Waals surface area contributed by atoms with E-state index < -0.39 is 0 Å². The Morgan fingerprint density at radius 2 is 2.12 bits per heavy atom. The number of fused-ring (bicyclic) bond motifs is 1. The van der Waals surface area contributed by atoms with Crippen molar-refractivity contribution in [3.8, 4) is 5.75 Å². The molecule has 0 unspecified atom stereocenters. The van der Waals surface area contributed by atoms with E-state index in [1.165, 1.54) is 6.08 Å². The van der Waals surface area contributed by atoms with Crippen molar-refractivity contribution in [1.82, 2.24) is 0 Å². The molecule has 0 atom stereocenters. The Kier molecular flexibility index (Phi) is 2.52. The Bertz CT molecular complexity index is 570. The molecule has 17 heavy (non-hydrogen) atoms. The summed E-state index contributed by atoms with van der Waals surface area (Å²) in [6.07, 6.45) is 6.06. The normalized spacial score (nSPS) is 17.9. The Morgan fingerprint density at radius 3 is 3.00 bits per heavy atom. The highest BCUT2D eigenvalue weighted by atomic mass is 35.5. The molecule has 2 aliphatic rings. The maximum absolute atomic E-state index is 13.1. The van der Waals surface area contributed by atoms with Crippen LogP contribution >= 0.6 is 11.6 Å². The number of ether oxygens (including phenoxy) is 1. The van der Waals surface area contributed by atoms with Gasteiger partial charge in [0.1, 0.15) is 17.3 Å². The minimum Gasteiger partial charge on any atom is -0.457 e. The van der Waals surface area contributed by atoms with Gasteiger partial charge in [0.25, 0.3) is 0 Å². The van der Waals surface area contributed by atoms with Crippen LogP contribution in [0.15, 0.2) is 53.6 Å². The van der Waals surface area contributed by atoms with Crippen LogP contribution in [0.25, 0.3) is 0 Å². The molecule has 0 amide bonds. The average Bonchev–Trinajstić information content (AvgIpc) is 2.49. The third-order valence-electron chi connectivity index (χ3n) is 2.94. The van der Waals surface area contributed by atoms with Gasteiger partial charge in [0.15, 0.2) is 0 Å². The number of hydrogen-bond acceptors (Lipinski definition) is 1. The van der Waals surface area contributed by atoms with Crippen molar-refractivity contribution in [3.63, 3.8) is 0 Å². The highest BCUT2D eigenvalue weighted by molar-refractivity contribution is 6.30. The first-order chi connectivity index (χ1) is 8.22. The zero-order chi connectivity index (χ0) is 11.8. The molecule has 0 aromatic heterocycles. The van der Waals surface area contributed by atoms with Gasteiger partial charge in [-0.25, -0.2) is 4.39 Å². The van der Waals surface area contributed by atoms with Crippen LogP contribution in [0.2, 0.25) is 5.02 Å². The van der Waals surface area contributed by atoms with E-state index in [0.29, 0.717) is 11.4 Å². The number of hydrogen-bond donors (Lipinski definition) is 0. The molecular formula is C14H10ClFO. The number of benzene rings is 1. The van der Waals surface area contributed by atoms with Crippen LogP contribution in [0.5, 0.6) is 5.75 Å². The van der Waals surface area contributed by atoms with Crippen molar-refractivity contribution in [2.24, 2.45) is 0 Å². The average molecular weight is 249 g/mol. The minimum atomic E-state index is -0.218. The second-order valence-electron chi connectivity index (χ2n) is 4.13. The van der Waals surface area contributed by atoms with Crippen LogP contribution in [-0.4, -0.2) is 0 Å². The SMILES string of the molecule is FC1=CCC2=C(C=C1)Oc1cc(Cl)ccc1C2. The zero-order valence-corrected chi connectivity index (χ0v) is 9.80. The molecule has 1 heterocycles. The standard InChI is InChI=1S/C14H10ClFO/c15-11-3-1-10-7-9-2-4-12(16)5-6-13(9)17-14(10)8-11/h1,3-6,8H,2,7H2. The summed E-state index contributed by atoms with van der Waals surface area (Å²) in [5.41, 5.74) is 2.20. The zero-order valence-electron chi connectivity index (χ0n) is 9.04. The Labute approximate surface area is 104 Å². The summed E-state index contributed by atoms with van der Waals surface area (Å²) < 4.78 is 18.9. The first kappa shape index (κ1) is 10.6. The molecule has 0 saturated carbocycles. The first-order valence-electron chi connectivity index (χ1n) is 5.44. The van der Waals surface area contributed by atoms with Gasteiger partial charge in [-0.1, -0.05) is 17.7 Å². The second-order valence-corrected chi connectivity index (χ2v) is 4.56. The Morgan fingerprint density at radius 1 is 1.24 bits per heavy atom. The lowest BCUT2D eigenvalue weighted by Crippen LogP contribution is -2.08. The molecule has 3 heteroatoms. The fourth-order valence-corrected chi connectivity index (χ4v) is 2.21. The van der Waals surface area contributed by atoms with Gasteiger partial charge in [-0.2, -0.15) is 0 Å². The number of rotatable bonds is 0. The third-order valence-corrected chi connectivity index (χ3v) is 3.17. The molecule has 0 spiro atoms. The quantitative estimate of drug-likeness (QED) is 0.664. The van der Waals surface area contributed by atoms with E-state index in [1.54, 1.807) is 18.2 Å². The molecule has 3 rings (SSSR count). The Balaban J connectivity index is 2.00. The summed E-state index contributed by atoms with van der Waals surface area (Å²) in [7, 11) is 0. The van der Waals surface area contributed by atoms with Crippen LogP contribution in [0, 0.1) is 0 Å². The van der Waals surface area contributed by atoms with Crippen molar-refractivity contribution in [2.75, 3.05) is 0 Å². The molecule has 1 aromatic rings. The van der Waals surface area contributed by atoms with Gasteiger partial charge in [-0.15, -0.1) is 0 Å². The smallest absolute Gasteiger partial charge is 0.132 e. The van der Waals surface area contributed by atoms with Crippen LogP contribution in [0.4, 0.5) is 4.39 Å². The summed E-state index contributed by atoms with van der Waals surface area (Å²) in [5.74, 6) is 1.29. The molecule has 0 bridgehead atoms. The summed E-state index contributed by atoms with van der Waals surface area (Å²) in [6.45, 7) is 0. The lowest BCUT2D eigenvalue weighted by atomic mass is 9.98. The topological polar surface area (TPSA) is 9.23 Å². The van der Waals surface area contributed by atoms with Crippen LogP contribution in [0.3, 0.4) is 0 Å². The molecular weight excluding hydrogens is 239 g/mol. The summed E-state index contributed by atoms with van der Waals surface area (Å²) in [6, 6.07) is 5.59. The van der Waals surface area contributed by atoms with Gasteiger partial charge in [0.2, 0.25) is 0 Å². The van der Waals surface area contributed by atoms with E-state index in [1.807, 2.05) is 12.1 Å². The monoisotopic (exact) mass is 248 g/mol. The van der Waals surface area contributed by atoms with Crippen molar-refractivity contribution in [2.45, 2.75) is 12.8 Å². The van der Waals surface area contributed by atoms with Gasteiger partial charge in [-0.3, -0.25) is 0 Å². The van der Waals surface area contributed by atoms with E-state index in [4.69, 9.17) is 16.3 Å². The lowest BCUT2D eigenvalue weighted by Gasteiger charge is -2.21. The fourth-order valence-electron chi connectivity index (χ4n) is 2.05. The van der Waals surface area contributed by atoms with Crippen molar-refractivity contribution in [1.29, 1.82) is 0 Å². The molecule has 0 radical (unpaired) electrons. The maximum atomic E-state index is 13.1. The second kappa shape index (κ2) is 4.04. The molecule has 0 saturated heterocycles. The Hall–Kier alpha value is -1.54. The molecule has 0 N–H and O–H groups in total. The van der Waals surface area contributed by atoms with E-state index in [9.17, 15) is 4.39 Å². The number of allylic oxidation sites excluding steroid dienone is 5. The van der Waals surface area contributed by atoms with Crippen LogP contribution in [0.1, 0.15) is 12.0 Å². The van der Waals surface area contributed by atoms with Gasteiger partial charge >= 0.3 is 0 Å². The number of halogens is 2.